The van der Waals surface area contributed by atoms with Crippen LogP contribution in [-0.4, -0.2) is 96.7 Å². The highest BCUT2D eigenvalue weighted by Gasteiger charge is 2.30. The van der Waals surface area contributed by atoms with Crippen molar-refractivity contribution in [1.82, 2.24) is 0 Å². The fourth-order valence-electron chi connectivity index (χ4n) is 9.06. The van der Waals surface area contributed by atoms with Crippen molar-refractivity contribution in [2.75, 3.05) is 39.6 Å². The number of hydrogen-bond acceptors (Lipinski definition) is 15. The molecule has 17 nitrogen and oxygen atoms in total. The van der Waals surface area contributed by atoms with Crippen molar-refractivity contribution in [3.8, 4) is 0 Å². The summed E-state index contributed by atoms with van der Waals surface area (Å²) in [6, 6.07) is 0. The molecule has 584 valence electrons. The Bertz CT molecular complexity index is 2790. The van der Waals surface area contributed by atoms with E-state index in [1.54, 1.807) is 12.2 Å². The molecule has 0 fully saturated rings. The SMILES string of the molecule is CC/C=C\C/C=C\C/C=C\C/C=C\C/C=C\C/C=C\CCC(=O)OCC(COP(=O)(O)OCC(O)COP(=O)(O)OCC(COC(=O)CCC/C=C\C/C=C\C/C=C\C/C=C\C/C=C\CC)OC(=O)C/C=C\C/C=C\C/C=C\C/C=C\C/C=C\CC)OC(=O)CCCCCCC/C=C\CCCCCC. The Labute approximate surface area is 627 Å². The predicted molar refractivity (Wildman–Crippen MR) is 426 cm³/mol. The highest BCUT2D eigenvalue weighted by Crippen LogP contribution is 2.45. The number of ether oxygens (including phenoxy) is 4. The van der Waals surface area contributed by atoms with E-state index in [0.29, 0.717) is 38.5 Å². The molecule has 0 saturated heterocycles. The number of aliphatic hydroxyl groups is 1. The molecule has 0 bridgehead atoms. The van der Waals surface area contributed by atoms with Crippen LogP contribution in [0.1, 0.15) is 246 Å². The lowest BCUT2D eigenvalue weighted by Gasteiger charge is -2.21. The fraction of sp³-hybridized carbons (Fsp3) is 0.553. The van der Waals surface area contributed by atoms with E-state index in [0.717, 1.165) is 128 Å². The topological polar surface area (TPSA) is 237 Å². The van der Waals surface area contributed by atoms with Crippen LogP contribution >= 0.6 is 15.6 Å². The number of phosphoric ester groups is 2. The van der Waals surface area contributed by atoms with Gasteiger partial charge in [-0.2, -0.15) is 0 Å². The lowest BCUT2D eigenvalue weighted by molar-refractivity contribution is -0.161. The standard InChI is InChI=1S/C85H132O17P2/c1-5-9-13-17-21-25-29-33-36-38-39-41-44-47-50-54-58-62-66-70-83(88)95-75-80(101-84(89)71-67-63-59-55-51-45-32-28-24-20-16-12-8-4)77-99-103(91,92)97-73-79(86)74-98-104(93,94)100-78-81(102-85(90)72-68-64-60-56-52-48-42-35-31-27-23-19-15-11-7-3)76-96-82(87)69-65-61-57-53-49-46-43-40-37-34-30-26-22-18-14-10-6-2/h9-11,13-15,21-23,25-28,32-37,39,41-43,46-47,50,52-53,56-58,62,64,68,79-81,86H,5-8,12,16-20,24,29-31,38,40,44-45,48-49,51,54-55,59-61,63,65-67,69-78H2,1-4H3,(H,91,92)(H,93,94)/b13-9-,14-10-,15-11-,25-21-,26-22-,27-23-,32-28-,36-33-,37-34-,41-39-,42-35-,46-43-,50-47-,56-52-,57-53-,62-58-,68-64-. The second kappa shape index (κ2) is 74.9. The van der Waals surface area contributed by atoms with Crippen LogP contribution in [0.25, 0.3) is 0 Å². The molecule has 0 heterocycles. The number of esters is 4. The van der Waals surface area contributed by atoms with E-state index < -0.39 is 97.5 Å². The van der Waals surface area contributed by atoms with Crippen LogP contribution in [0.2, 0.25) is 0 Å². The summed E-state index contributed by atoms with van der Waals surface area (Å²) in [6.45, 7) is 4.18. The maximum Gasteiger partial charge on any atom is 0.472 e. The van der Waals surface area contributed by atoms with Crippen molar-refractivity contribution < 1.29 is 80.2 Å². The number of carbonyl (C=O) groups excluding carboxylic acids is 4. The second-order valence-electron chi connectivity index (χ2n) is 24.5. The van der Waals surface area contributed by atoms with Crippen LogP contribution in [-0.2, 0) is 65.4 Å². The monoisotopic (exact) mass is 1490 g/mol. The summed E-state index contributed by atoms with van der Waals surface area (Å²) in [7, 11) is -10.0. The summed E-state index contributed by atoms with van der Waals surface area (Å²) in [4.78, 5) is 72.8. The second-order valence-corrected chi connectivity index (χ2v) is 27.4. The first-order chi connectivity index (χ1) is 50.7. The lowest BCUT2D eigenvalue weighted by Crippen LogP contribution is -2.30. The third-order valence-corrected chi connectivity index (χ3v) is 16.7. The number of carbonyl (C=O) groups is 4. The molecular formula is C85H132O17P2. The minimum Gasteiger partial charge on any atom is -0.462 e. The molecule has 0 aromatic carbocycles. The Kier molecular flexibility index (Phi) is 70.3. The lowest BCUT2D eigenvalue weighted by atomic mass is 10.1. The molecule has 0 rings (SSSR count). The molecule has 0 radical (unpaired) electrons. The van der Waals surface area contributed by atoms with Gasteiger partial charge in [0.15, 0.2) is 12.2 Å². The fourth-order valence-corrected chi connectivity index (χ4v) is 10.6. The highest BCUT2D eigenvalue weighted by molar-refractivity contribution is 7.47. The van der Waals surface area contributed by atoms with Crippen molar-refractivity contribution in [2.45, 2.75) is 264 Å². The third kappa shape index (κ3) is 73.9. The van der Waals surface area contributed by atoms with E-state index in [9.17, 15) is 43.2 Å². The number of hydrogen-bond donors (Lipinski definition) is 3. The molecule has 0 aromatic heterocycles. The molecule has 0 spiro atoms. The maximum absolute atomic E-state index is 13.1. The van der Waals surface area contributed by atoms with E-state index in [4.69, 9.17) is 37.0 Å². The summed E-state index contributed by atoms with van der Waals surface area (Å²) in [6.07, 6.45) is 93.1. The quantitative estimate of drug-likeness (QED) is 0.0169. The van der Waals surface area contributed by atoms with Crippen LogP contribution in [0.5, 0.6) is 0 Å². The van der Waals surface area contributed by atoms with Gasteiger partial charge in [-0.25, -0.2) is 9.13 Å². The number of phosphoric acid groups is 2. The third-order valence-electron chi connectivity index (χ3n) is 14.8. The van der Waals surface area contributed by atoms with E-state index in [2.05, 4.69) is 180 Å². The summed E-state index contributed by atoms with van der Waals surface area (Å²) in [5.41, 5.74) is 0. The van der Waals surface area contributed by atoms with E-state index in [1.807, 2.05) is 42.5 Å². The number of allylic oxidation sites excluding steroid dienone is 33. The van der Waals surface area contributed by atoms with Crippen LogP contribution in [0.4, 0.5) is 0 Å². The Morgan fingerprint density at radius 2 is 0.567 bits per heavy atom. The molecule has 0 aliphatic carbocycles. The van der Waals surface area contributed by atoms with Gasteiger partial charge in [-0.1, -0.05) is 273 Å². The molecule has 0 saturated carbocycles. The Morgan fingerprint density at radius 3 is 0.952 bits per heavy atom. The molecule has 0 aromatic rings. The normalized spacial score (nSPS) is 15.0. The summed E-state index contributed by atoms with van der Waals surface area (Å²) >= 11 is 0. The van der Waals surface area contributed by atoms with Crippen molar-refractivity contribution in [1.29, 1.82) is 0 Å². The molecular weight excluding hydrogens is 1350 g/mol. The first-order valence-electron chi connectivity index (χ1n) is 38.3. The molecule has 104 heavy (non-hydrogen) atoms. The zero-order valence-corrected chi connectivity index (χ0v) is 65.4. The van der Waals surface area contributed by atoms with Gasteiger partial charge < -0.3 is 33.8 Å². The van der Waals surface area contributed by atoms with Crippen molar-refractivity contribution in [3.05, 3.63) is 207 Å². The van der Waals surface area contributed by atoms with Crippen LogP contribution < -0.4 is 0 Å². The molecule has 19 heteroatoms. The van der Waals surface area contributed by atoms with Crippen molar-refractivity contribution >= 4 is 39.5 Å². The molecule has 3 N–H and O–H groups in total. The van der Waals surface area contributed by atoms with Gasteiger partial charge in [-0.05, 0) is 154 Å². The minimum absolute atomic E-state index is 0.0234. The largest absolute Gasteiger partial charge is 0.472 e. The van der Waals surface area contributed by atoms with Gasteiger partial charge in [-0.15, -0.1) is 0 Å². The van der Waals surface area contributed by atoms with Gasteiger partial charge in [0.05, 0.1) is 32.8 Å². The van der Waals surface area contributed by atoms with Gasteiger partial charge >= 0.3 is 39.5 Å². The van der Waals surface area contributed by atoms with Crippen LogP contribution in [0, 0.1) is 0 Å². The predicted octanol–water partition coefficient (Wildman–Crippen LogP) is 22.3. The first kappa shape index (κ1) is 97.6. The van der Waals surface area contributed by atoms with Crippen molar-refractivity contribution in [3.63, 3.8) is 0 Å². The zero-order chi connectivity index (χ0) is 76.0. The van der Waals surface area contributed by atoms with Gasteiger partial charge in [0, 0.05) is 19.3 Å². The zero-order valence-electron chi connectivity index (χ0n) is 63.6. The Morgan fingerprint density at radius 1 is 0.288 bits per heavy atom. The van der Waals surface area contributed by atoms with Gasteiger partial charge in [0.2, 0.25) is 0 Å². The van der Waals surface area contributed by atoms with Crippen LogP contribution in [0.3, 0.4) is 0 Å². The number of aliphatic hydroxyl groups excluding tert-OH is 1. The maximum atomic E-state index is 13.1. The van der Waals surface area contributed by atoms with Gasteiger partial charge in [0.25, 0.3) is 0 Å². The summed E-state index contributed by atoms with van der Waals surface area (Å²) in [5, 5.41) is 10.6. The molecule has 0 aliphatic heterocycles. The molecule has 5 unspecified atom stereocenters. The Balaban J connectivity index is 5.56. The first-order valence-corrected chi connectivity index (χ1v) is 41.3. The summed E-state index contributed by atoms with van der Waals surface area (Å²) in [5.74, 6) is -2.53. The van der Waals surface area contributed by atoms with Crippen LogP contribution in [0.15, 0.2) is 207 Å². The molecule has 5 atom stereocenters. The number of rotatable bonds is 69. The average molecular weight is 1490 g/mol. The average Bonchev–Trinajstić information content (AvgIpc) is 0.939. The van der Waals surface area contributed by atoms with E-state index in [1.165, 1.54) is 25.7 Å². The van der Waals surface area contributed by atoms with E-state index in [-0.39, 0.29) is 25.7 Å². The molecule has 0 aliphatic rings. The van der Waals surface area contributed by atoms with Gasteiger partial charge in [0.1, 0.15) is 19.3 Å². The minimum atomic E-state index is -5.03. The Hall–Kier alpha value is -6.36. The highest BCUT2D eigenvalue weighted by atomic mass is 31.2. The molecule has 0 amide bonds. The summed E-state index contributed by atoms with van der Waals surface area (Å²) < 4.78 is 68.2. The number of unbranched alkanes of at least 4 members (excludes halogenated alkanes) is 10. The van der Waals surface area contributed by atoms with E-state index >= 15 is 0 Å². The smallest absolute Gasteiger partial charge is 0.462 e. The van der Waals surface area contributed by atoms with Gasteiger partial charge in [-0.3, -0.25) is 37.3 Å². The van der Waals surface area contributed by atoms with Crippen molar-refractivity contribution in [2.24, 2.45) is 0 Å².